The van der Waals surface area contributed by atoms with Crippen molar-refractivity contribution in [1.29, 1.82) is 0 Å². The molecule has 1 aliphatic rings. The molecule has 2 nitrogen and oxygen atoms in total. The van der Waals surface area contributed by atoms with Gasteiger partial charge in [-0.2, -0.15) is 0 Å². The molecule has 0 aromatic heterocycles. The van der Waals surface area contributed by atoms with Gasteiger partial charge in [-0.3, -0.25) is 4.90 Å². The van der Waals surface area contributed by atoms with Crippen LogP contribution in [0.25, 0.3) is 0 Å². The van der Waals surface area contributed by atoms with Crippen LogP contribution in [0.5, 0.6) is 0 Å². The van der Waals surface area contributed by atoms with E-state index in [1.54, 1.807) is 0 Å². The summed E-state index contributed by atoms with van der Waals surface area (Å²) in [6, 6.07) is 9.91. The molecule has 1 aliphatic heterocycles. The van der Waals surface area contributed by atoms with E-state index in [1.165, 1.54) is 37.1 Å². The third kappa shape index (κ3) is 4.43. The van der Waals surface area contributed by atoms with Gasteiger partial charge in [0.15, 0.2) is 0 Å². The number of piperidine rings is 1. The van der Waals surface area contributed by atoms with Crippen molar-refractivity contribution in [2.45, 2.75) is 51.6 Å². The molecule has 0 aliphatic carbocycles. The summed E-state index contributed by atoms with van der Waals surface area (Å²) in [6.45, 7) is 10.3. The fourth-order valence-corrected chi connectivity index (χ4v) is 3.36. The van der Waals surface area contributed by atoms with Gasteiger partial charge < -0.3 is 0 Å². The van der Waals surface area contributed by atoms with Gasteiger partial charge in [-0.25, -0.2) is 3.11 Å². The SMILES string of the molecule is CN(Cc1ccc(C(C)(C)C)cc1)C1CCN(I)CC1. The zero-order valence-electron chi connectivity index (χ0n) is 13.2. The van der Waals surface area contributed by atoms with Crippen LogP contribution in [-0.2, 0) is 12.0 Å². The number of nitrogens with zero attached hydrogens (tertiary/aromatic N) is 2. The third-order valence-electron chi connectivity index (χ3n) is 4.29. The predicted molar refractivity (Wildman–Crippen MR) is 95.2 cm³/mol. The second-order valence-electron chi connectivity index (χ2n) is 7.00. The summed E-state index contributed by atoms with van der Waals surface area (Å²) in [6.07, 6.45) is 2.58. The molecule has 2 rings (SSSR count). The second kappa shape index (κ2) is 6.75. The van der Waals surface area contributed by atoms with Crippen LogP contribution in [0.2, 0.25) is 0 Å². The zero-order chi connectivity index (χ0) is 14.8. The maximum Gasteiger partial charge on any atom is 0.0233 e. The van der Waals surface area contributed by atoms with Crippen LogP contribution in [0.15, 0.2) is 24.3 Å². The van der Waals surface area contributed by atoms with Gasteiger partial charge in [0, 0.05) is 48.5 Å². The molecule has 1 aromatic carbocycles. The van der Waals surface area contributed by atoms with Gasteiger partial charge in [0.05, 0.1) is 0 Å². The third-order valence-corrected chi connectivity index (χ3v) is 5.25. The average Bonchev–Trinajstić information content (AvgIpc) is 2.39. The van der Waals surface area contributed by atoms with E-state index in [0.29, 0.717) is 0 Å². The molecule has 0 unspecified atom stereocenters. The molecular weight excluding hydrogens is 359 g/mol. The van der Waals surface area contributed by atoms with E-state index in [0.717, 1.165) is 12.6 Å². The molecule has 112 valence electrons. The van der Waals surface area contributed by atoms with Crippen LogP contribution in [0.3, 0.4) is 0 Å². The predicted octanol–water partition coefficient (Wildman–Crippen LogP) is 4.23. The van der Waals surface area contributed by atoms with E-state index in [-0.39, 0.29) is 5.41 Å². The fraction of sp³-hybridized carbons (Fsp3) is 0.647. The van der Waals surface area contributed by atoms with Crippen molar-refractivity contribution in [3.05, 3.63) is 35.4 Å². The highest BCUT2D eigenvalue weighted by atomic mass is 127. The molecule has 0 N–H and O–H groups in total. The molecule has 0 radical (unpaired) electrons. The van der Waals surface area contributed by atoms with Gasteiger partial charge in [-0.1, -0.05) is 45.0 Å². The van der Waals surface area contributed by atoms with Crippen molar-refractivity contribution in [2.75, 3.05) is 20.1 Å². The van der Waals surface area contributed by atoms with Gasteiger partial charge in [0.2, 0.25) is 0 Å². The molecule has 0 amide bonds. The van der Waals surface area contributed by atoms with E-state index in [2.05, 4.69) is 83.0 Å². The smallest absolute Gasteiger partial charge is 0.0233 e. The van der Waals surface area contributed by atoms with Gasteiger partial charge in [0.1, 0.15) is 0 Å². The van der Waals surface area contributed by atoms with Crippen molar-refractivity contribution in [2.24, 2.45) is 0 Å². The number of rotatable bonds is 3. The number of benzene rings is 1. The Balaban J connectivity index is 1.93. The van der Waals surface area contributed by atoms with Crippen molar-refractivity contribution >= 4 is 22.9 Å². The van der Waals surface area contributed by atoms with Crippen molar-refractivity contribution in [3.63, 3.8) is 0 Å². The topological polar surface area (TPSA) is 6.48 Å². The van der Waals surface area contributed by atoms with Crippen molar-refractivity contribution in [3.8, 4) is 0 Å². The first-order valence-corrected chi connectivity index (χ1v) is 8.53. The molecule has 0 spiro atoms. The summed E-state index contributed by atoms with van der Waals surface area (Å²) in [7, 11) is 2.27. The Morgan fingerprint density at radius 1 is 1.15 bits per heavy atom. The number of hydrogen-bond donors (Lipinski definition) is 0. The molecule has 1 aromatic rings. The molecule has 0 saturated carbocycles. The molecule has 20 heavy (non-hydrogen) atoms. The largest absolute Gasteiger partial charge is 0.299 e. The Labute approximate surface area is 138 Å². The summed E-state index contributed by atoms with van der Waals surface area (Å²) in [5.41, 5.74) is 3.09. The van der Waals surface area contributed by atoms with Crippen LogP contribution in [0.1, 0.15) is 44.7 Å². The van der Waals surface area contributed by atoms with Gasteiger partial charge in [0.25, 0.3) is 0 Å². The van der Waals surface area contributed by atoms with Crippen LogP contribution in [0.4, 0.5) is 0 Å². The minimum absolute atomic E-state index is 0.248. The fourth-order valence-electron chi connectivity index (χ4n) is 2.80. The van der Waals surface area contributed by atoms with Crippen LogP contribution in [-0.4, -0.2) is 34.2 Å². The Morgan fingerprint density at radius 2 is 1.70 bits per heavy atom. The summed E-state index contributed by atoms with van der Waals surface area (Å²) in [4.78, 5) is 2.52. The summed E-state index contributed by atoms with van der Waals surface area (Å²) in [5, 5.41) is 0. The van der Waals surface area contributed by atoms with E-state index >= 15 is 0 Å². The van der Waals surface area contributed by atoms with Gasteiger partial charge in [-0.15, -0.1) is 0 Å². The van der Waals surface area contributed by atoms with Crippen molar-refractivity contribution < 1.29 is 0 Å². The summed E-state index contributed by atoms with van der Waals surface area (Å²) >= 11 is 2.44. The standard InChI is InChI=1S/C17H27IN2/c1-17(2,3)15-7-5-14(6-8-15)13-19(4)16-9-11-20(18)12-10-16/h5-8,16H,9-13H2,1-4H3. The van der Waals surface area contributed by atoms with Gasteiger partial charge >= 0.3 is 0 Å². The first-order valence-electron chi connectivity index (χ1n) is 7.56. The highest BCUT2D eigenvalue weighted by Crippen LogP contribution is 2.23. The van der Waals surface area contributed by atoms with E-state index in [1.807, 2.05) is 0 Å². The highest BCUT2D eigenvalue weighted by Gasteiger charge is 2.21. The van der Waals surface area contributed by atoms with Gasteiger partial charge in [-0.05, 0) is 36.4 Å². The number of hydrogen-bond acceptors (Lipinski definition) is 2. The Hall–Kier alpha value is -0.130. The normalized spacial score (nSPS) is 18.7. The lowest BCUT2D eigenvalue weighted by atomic mass is 9.86. The first-order chi connectivity index (χ1) is 9.36. The second-order valence-corrected chi connectivity index (χ2v) is 8.37. The quantitative estimate of drug-likeness (QED) is 0.567. The lowest BCUT2D eigenvalue weighted by Crippen LogP contribution is -2.39. The Bertz CT molecular complexity index is 414. The zero-order valence-corrected chi connectivity index (χ0v) is 15.4. The number of halogens is 1. The maximum absolute atomic E-state index is 2.52. The minimum Gasteiger partial charge on any atom is -0.299 e. The summed E-state index contributed by atoms with van der Waals surface area (Å²) < 4.78 is 2.40. The molecule has 0 atom stereocenters. The Morgan fingerprint density at radius 3 is 2.20 bits per heavy atom. The highest BCUT2D eigenvalue weighted by molar-refractivity contribution is 14.1. The minimum atomic E-state index is 0.248. The molecule has 1 saturated heterocycles. The molecule has 0 bridgehead atoms. The van der Waals surface area contributed by atoms with E-state index < -0.39 is 0 Å². The lowest BCUT2D eigenvalue weighted by molar-refractivity contribution is 0.172. The van der Waals surface area contributed by atoms with Crippen LogP contribution >= 0.6 is 22.9 Å². The first kappa shape index (κ1) is 16.2. The van der Waals surface area contributed by atoms with E-state index in [4.69, 9.17) is 0 Å². The van der Waals surface area contributed by atoms with Crippen LogP contribution in [0, 0.1) is 0 Å². The lowest BCUT2D eigenvalue weighted by Gasteiger charge is -2.34. The molecule has 3 heteroatoms. The molecule has 1 fully saturated rings. The molecular formula is C17H27IN2. The van der Waals surface area contributed by atoms with Crippen molar-refractivity contribution in [1.82, 2.24) is 8.01 Å². The maximum atomic E-state index is 2.52. The molecule has 1 heterocycles. The monoisotopic (exact) mass is 386 g/mol. The average molecular weight is 386 g/mol. The Kier molecular flexibility index (Phi) is 5.49. The van der Waals surface area contributed by atoms with E-state index in [9.17, 15) is 0 Å². The summed E-state index contributed by atoms with van der Waals surface area (Å²) in [5.74, 6) is 0. The van der Waals surface area contributed by atoms with Crippen LogP contribution < -0.4 is 0 Å².